The lowest BCUT2D eigenvalue weighted by Gasteiger charge is -2.35. The molecule has 9 heteroatoms. The van der Waals surface area contributed by atoms with Crippen LogP contribution in [0.4, 0.5) is 18.9 Å². The van der Waals surface area contributed by atoms with E-state index < -0.39 is 17.8 Å². The van der Waals surface area contributed by atoms with Crippen molar-refractivity contribution in [1.82, 2.24) is 20.2 Å². The number of hydrogen-bond acceptors (Lipinski definition) is 6. The Balaban J connectivity index is 1.15. The molecule has 0 amide bonds. The van der Waals surface area contributed by atoms with Gasteiger partial charge in [-0.25, -0.2) is 13.2 Å². The Morgan fingerprint density at radius 2 is 1.90 bits per heavy atom. The zero-order valence-electron chi connectivity index (χ0n) is 23.2. The number of nitrogens with one attached hydrogen (secondary N) is 1. The van der Waals surface area contributed by atoms with Gasteiger partial charge in [-0.05, 0) is 74.6 Å². The molecule has 6 heterocycles. The van der Waals surface area contributed by atoms with Gasteiger partial charge in [-0.3, -0.25) is 4.90 Å². The maximum absolute atomic E-state index is 15.1. The van der Waals surface area contributed by atoms with Crippen LogP contribution in [0.3, 0.4) is 0 Å². The van der Waals surface area contributed by atoms with Gasteiger partial charge < -0.3 is 15.0 Å². The molecule has 4 saturated heterocycles. The molecule has 2 aromatic carbocycles. The van der Waals surface area contributed by atoms with E-state index in [0.29, 0.717) is 73.1 Å². The molecule has 1 unspecified atom stereocenters. The van der Waals surface area contributed by atoms with Crippen molar-refractivity contribution < 1.29 is 17.9 Å². The highest BCUT2D eigenvalue weighted by Gasteiger charge is 2.49. The van der Waals surface area contributed by atoms with Gasteiger partial charge in [0, 0.05) is 48.6 Å². The molecular formula is C32H36F3N5O. The van der Waals surface area contributed by atoms with E-state index in [1.165, 1.54) is 24.5 Å². The van der Waals surface area contributed by atoms with Crippen LogP contribution in [0.2, 0.25) is 0 Å². The van der Waals surface area contributed by atoms with Crippen molar-refractivity contribution in [3.8, 4) is 6.01 Å². The van der Waals surface area contributed by atoms with Gasteiger partial charge in [0.2, 0.25) is 0 Å². The number of nitrogens with zero attached hydrogens (tertiary/aromatic N) is 4. The van der Waals surface area contributed by atoms with E-state index in [9.17, 15) is 8.78 Å². The molecule has 41 heavy (non-hydrogen) atoms. The Morgan fingerprint density at radius 3 is 2.76 bits per heavy atom. The van der Waals surface area contributed by atoms with Gasteiger partial charge in [0.05, 0.1) is 23.5 Å². The van der Waals surface area contributed by atoms with E-state index in [1.807, 2.05) is 18.2 Å². The molecule has 0 aliphatic carbocycles. The topological polar surface area (TPSA) is 53.5 Å². The number of benzene rings is 2. The summed E-state index contributed by atoms with van der Waals surface area (Å²) in [7, 11) is 0. The zero-order valence-corrected chi connectivity index (χ0v) is 23.2. The van der Waals surface area contributed by atoms with Crippen molar-refractivity contribution >= 4 is 16.5 Å². The highest BCUT2D eigenvalue weighted by Crippen LogP contribution is 2.43. The molecule has 8 rings (SSSR count). The van der Waals surface area contributed by atoms with E-state index in [-0.39, 0.29) is 5.54 Å². The van der Waals surface area contributed by atoms with E-state index >= 15 is 4.39 Å². The fourth-order valence-electron chi connectivity index (χ4n) is 8.53. The Labute approximate surface area is 238 Å². The lowest BCUT2D eigenvalue weighted by Crippen LogP contribution is -2.43. The van der Waals surface area contributed by atoms with Crippen LogP contribution in [0.5, 0.6) is 6.01 Å². The summed E-state index contributed by atoms with van der Waals surface area (Å²) in [5.41, 5.74) is 3.56. The van der Waals surface area contributed by atoms with Gasteiger partial charge in [-0.15, -0.1) is 0 Å². The van der Waals surface area contributed by atoms with Crippen LogP contribution < -0.4 is 15.0 Å². The maximum atomic E-state index is 15.1. The molecule has 5 aliphatic heterocycles. The summed E-state index contributed by atoms with van der Waals surface area (Å²) in [5.74, 6) is -1.32. The first kappa shape index (κ1) is 25.8. The summed E-state index contributed by atoms with van der Waals surface area (Å²) in [5, 5.41) is 4.72. The second kappa shape index (κ2) is 9.83. The monoisotopic (exact) mass is 563 g/mol. The van der Waals surface area contributed by atoms with Crippen molar-refractivity contribution in [3.63, 3.8) is 0 Å². The van der Waals surface area contributed by atoms with Crippen LogP contribution >= 0.6 is 0 Å². The maximum Gasteiger partial charge on any atom is 0.316 e. The number of ether oxygens (including phenoxy) is 1. The average molecular weight is 564 g/mol. The molecule has 6 nitrogen and oxygen atoms in total. The Bertz CT molecular complexity index is 1490. The van der Waals surface area contributed by atoms with Gasteiger partial charge in [-0.1, -0.05) is 18.2 Å². The summed E-state index contributed by atoms with van der Waals surface area (Å²) in [6, 6.07) is 9.79. The van der Waals surface area contributed by atoms with Crippen LogP contribution in [0, 0.1) is 11.6 Å². The van der Waals surface area contributed by atoms with Gasteiger partial charge in [-0.2, -0.15) is 9.97 Å². The first-order chi connectivity index (χ1) is 20.0. The van der Waals surface area contributed by atoms with Crippen molar-refractivity contribution in [3.05, 3.63) is 58.9 Å². The van der Waals surface area contributed by atoms with Gasteiger partial charge >= 0.3 is 6.01 Å². The largest absolute Gasteiger partial charge is 0.461 e. The van der Waals surface area contributed by atoms with E-state index in [4.69, 9.17) is 14.7 Å². The van der Waals surface area contributed by atoms with Gasteiger partial charge in [0.25, 0.3) is 0 Å². The number of aromatic nitrogens is 2. The zero-order chi connectivity index (χ0) is 27.7. The summed E-state index contributed by atoms with van der Waals surface area (Å²) in [6.45, 7) is 2.93. The number of hydrogen-bond donors (Lipinski definition) is 1. The normalized spacial score (nSPS) is 31.0. The lowest BCUT2D eigenvalue weighted by molar-refractivity contribution is 0.106. The Hall–Kier alpha value is -2.91. The molecule has 1 aromatic heterocycles. The second-order valence-corrected chi connectivity index (χ2v) is 12.9. The quantitative estimate of drug-likeness (QED) is 0.447. The predicted molar refractivity (Wildman–Crippen MR) is 151 cm³/mol. The number of alkyl halides is 1. The summed E-state index contributed by atoms with van der Waals surface area (Å²) >= 11 is 0. The van der Waals surface area contributed by atoms with Crippen LogP contribution in [0.15, 0.2) is 30.3 Å². The summed E-state index contributed by atoms with van der Waals surface area (Å²) in [4.78, 5) is 14.4. The number of rotatable bonds is 5. The lowest BCUT2D eigenvalue weighted by atomic mass is 9.85. The number of anilines is 1. The van der Waals surface area contributed by atoms with E-state index in [1.54, 1.807) is 6.07 Å². The van der Waals surface area contributed by atoms with Crippen LogP contribution in [-0.4, -0.2) is 64.9 Å². The molecule has 3 aromatic rings. The Kier molecular flexibility index (Phi) is 6.18. The standard InChI is InChI=1S/C32H36F3N5O/c33-21-15-32(10-2-11-40(32)16-21)18-41-31-37-26-17-39(27-4-1-3-19-5-8-25(34)29(35)28(19)27)12-9-24(26)30(38-31)20-13-22-6-7-23(14-20)36-22/h1,3-5,8,20-23,36H,2,6-7,9-18H2/t20?,21-,22-,23+,32+/m1/s1. The Morgan fingerprint density at radius 1 is 1.05 bits per heavy atom. The van der Waals surface area contributed by atoms with Gasteiger partial charge in [0.15, 0.2) is 11.6 Å². The number of piperidine rings is 1. The number of fused-ring (bicyclic) bond motifs is 5. The summed E-state index contributed by atoms with van der Waals surface area (Å²) < 4.78 is 50.1. The third kappa shape index (κ3) is 4.38. The molecule has 0 saturated carbocycles. The summed E-state index contributed by atoms with van der Waals surface area (Å²) in [6.07, 6.45) is 6.92. The minimum Gasteiger partial charge on any atom is -0.461 e. The molecular weight excluding hydrogens is 527 g/mol. The van der Waals surface area contributed by atoms with Crippen molar-refractivity contribution in [2.45, 2.75) is 87.6 Å². The highest BCUT2D eigenvalue weighted by atomic mass is 19.2. The van der Waals surface area contributed by atoms with E-state index in [0.717, 1.165) is 50.0 Å². The van der Waals surface area contributed by atoms with Crippen molar-refractivity contribution in [2.24, 2.45) is 0 Å². The van der Waals surface area contributed by atoms with Crippen molar-refractivity contribution in [2.75, 3.05) is 31.1 Å². The molecule has 4 fully saturated rings. The molecule has 1 N–H and O–H groups in total. The number of halogens is 3. The molecule has 0 spiro atoms. The first-order valence-corrected chi connectivity index (χ1v) is 15.3. The average Bonchev–Trinajstić information content (AvgIpc) is 3.63. The minimum absolute atomic E-state index is 0.275. The fourth-order valence-corrected chi connectivity index (χ4v) is 8.53. The molecule has 216 valence electrons. The molecule has 0 radical (unpaired) electrons. The van der Waals surface area contributed by atoms with Gasteiger partial charge in [0.1, 0.15) is 12.8 Å². The first-order valence-electron chi connectivity index (χ1n) is 15.3. The third-order valence-electron chi connectivity index (χ3n) is 10.4. The van der Waals surface area contributed by atoms with E-state index in [2.05, 4.69) is 15.1 Å². The smallest absolute Gasteiger partial charge is 0.316 e. The molecule has 2 bridgehead atoms. The predicted octanol–water partition coefficient (Wildman–Crippen LogP) is 5.42. The van der Waals surface area contributed by atoms with Crippen molar-refractivity contribution in [1.29, 1.82) is 0 Å². The highest BCUT2D eigenvalue weighted by molar-refractivity contribution is 5.95. The third-order valence-corrected chi connectivity index (χ3v) is 10.4. The molecule has 5 atom stereocenters. The second-order valence-electron chi connectivity index (χ2n) is 12.9. The van der Waals surface area contributed by atoms with Crippen LogP contribution in [0.25, 0.3) is 10.8 Å². The SMILES string of the molecule is Fc1ccc2cccc(N3CCc4c(nc(OC[C@@]56CCCN5C[C@H](F)C6)nc4C4C[C@H]5CC[C@@H](C4)N5)C3)c2c1F. The van der Waals surface area contributed by atoms with Crippen LogP contribution in [-0.2, 0) is 13.0 Å². The fraction of sp³-hybridized carbons (Fsp3) is 0.562. The molecule has 5 aliphatic rings. The minimum atomic E-state index is -0.842. The van der Waals surface area contributed by atoms with Crippen LogP contribution in [0.1, 0.15) is 67.8 Å².